The molecule has 2 heterocycles. The van der Waals surface area contributed by atoms with Gasteiger partial charge < -0.3 is 4.98 Å². The van der Waals surface area contributed by atoms with Gasteiger partial charge in [-0.3, -0.25) is 9.59 Å². The van der Waals surface area contributed by atoms with E-state index in [0.29, 0.717) is 12.1 Å². The van der Waals surface area contributed by atoms with E-state index >= 15 is 0 Å². The number of hydrogen-bond acceptors (Lipinski definition) is 4. The number of sulfonamides is 1. The molecule has 1 unspecified atom stereocenters. The summed E-state index contributed by atoms with van der Waals surface area (Å²) in [4.78, 5) is 30.9. The lowest BCUT2D eigenvalue weighted by molar-refractivity contribution is -0.122. The summed E-state index contributed by atoms with van der Waals surface area (Å²) in [5.41, 5.74) is 3.23. The zero-order chi connectivity index (χ0) is 25.4. The van der Waals surface area contributed by atoms with Crippen molar-refractivity contribution in [1.29, 1.82) is 0 Å². The number of halogens is 1. The number of fused-ring (bicyclic) bond motifs is 1. The summed E-state index contributed by atoms with van der Waals surface area (Å²) < 4.78 is 29.6. The van der Waals surface area contributed by atoms with Crippen molar-refractivity contribution in [2.75, 3.05) is 11.4 Å². The minimum absolute atomic E-state index is 0.0515. The molecule has 0 aliphatic carbocycles. The predicted molar refractivity (Wildman–Crippen MR) is 142 cm³/mol. The van der Waals surface area contributed by atoms with Crippen LogP contribution in [0.1, 0.15) is 17.5 Å². The van der Waals surface area contributed by atoms with E-state index < -0.39 is 27.9 Å². The van der Waals surface area contributed by atoms with Gasteiger partial charge in [-0.2, -0.15) is 4.31 Å². The van der Waals surface area contributed by atoms with Gasteiger partial charge >= 0.3 is 0 Å². The molecular formula is C27H24BrN3O4S. The van der Waals surface area contributed by atoms with Crippen LogP contribution in [0.3, 0.4) is 0 Å². The van der Waals surface area contributed by atoms with E-state index in [1.807, 2.05) is 37.4 Å². The molecule has 2 amide bonds. The number of para-hydroxylation sites is 1. The summed E-state index contributed by atoms with van der Waals surface area (Å²) in [6.45, 7) is 1.93. The Labute approximate surface area is 217 Å². The molecule has 1 saturated heterocycles. The Bertz CT molecular complexity index is 1550. The number of rotatable bonds is 7. The summed E-state index contributed by atoms with van der Waals surface area (Å²) in [5.74, 6) is -0.972. The largest absolute Gasteiger partial charge is 0.361 e. The lowest BCUT2D eigenvalue weighted by atomic mass is 10.1. The number of aryl methyl sites for hydroxylation is 1. The molecular weight excluding hydrogens is 542 g/mol. The van der Waals surface area contributed by atoms with E-state index in [4.69, 9.17) is 0 Å². The molecule has 1 aromatic heterocycles. The smallest absolute Gasteiger partial charge is 0.252 e. The minimum Gasteiger partial charge on any atom is -0.361 e. The third-order valence-corrected chi connectivity index (χ3v) is 8.91. The summed E-state index contributed by atoms with van der Waals surface area (Å²) in [6.07, 6.45) is 2.02. The zero-order valence-electron chi connectivity index (χ0n) is 19.5. The Morgan fingerprint density at radius 2 is 1.69 bits per heavy atom. The third kappa shape index (κ3) is 4.50. The van der Waals surface area contributed by atoms with Crippen LogP contribution in [-0.4, -0.2) is 42.1 Å². The monoisotopic (exact) mass is 565 g/mol. The zero-order valence-corrected chi connectivity index (χ0v) is 21.9. The Kier molecular flexibility index (Phi) is 6.55. The normalized spacial score (nSPS) is 16.4. The van der Waals surface area contributed by atoms with E-state index in [0.717, 1.165) is 31.4 Å². The fourth-order valence-corrected chi connectivity index (χ4v) is 6.41. The average Bonchev–Trinajstić information content (AvgIpc) is 3.40. The predicted octanol–water partition coefficient (Wildman–Crippen LogP) is 4.80. The van der Waals surface area contributed by atoms with Crippen molar-refractivity contribution in [3.63, 3.8) is 0 Å². The highest BCUT2D eigenvalue weighted by Gasteiger charge is 2.46. The Morgan fingerprint density at radius 1 is 1.00 bits per heavy atom. The number of hydrogen-bond donors (Lipinski definition) is 1. The number of aromatic amines is 1. The highest BCUT2D eigenvalue weighted by atomic mass is 79.9. The fourth-order valence-electron chi connectivity index (χ4n) is 4.56. The van der Waals surface area contributed by atoms with Gasteiger partial charge in [0.05, 0.1) is 17.0 Å². The molecule has 1 aliphatic rings. The molecule has 0 spiro atoms. The number of carbonyl (C=O) groups excluding carboxylic acids is 2. The number of aromatic nitrogens is 1. The second kappa shape index (κ2) is 9.65. The van der Waals surface area contributed by atoms with Crippen molar-refractivity contribution in [3.05, 3.63) is 94.6 Å². The average molecular weight is 566 g/mol. The van der Waals surface area contributed by atoms with E-state index in [2.05, 4.69) is 20.9 Å². The van der Waals surface area contributed by atoms with E-state index in [1.54, 1.807) is 36.4 Å². The summed E-state index contributed by atoms with van der Waals surface area (Å²) >= 11 is 3.35. The molecule has 1 aliphatic heterocycles. The number of nitrogens with one attached hydrogen (secondary N) is 1. The maximum Gasteiger partial charge on any atom is 0.252 e. The number of imide groups is 1. The quantitative estimate of drug-likeness (QED) is 0.326. The van der Waals surface area contributed by atoms with Gasteiger partial charge in [-0.05, 0) is 61.4 Å². The molecule has 36 heavy (non-hydrogen) atoms. The first kappa shape index (κ1) is 24.4. The summed E-state index contributed by atoms with van der Waals surface area (Å²) in [6, 6.07) is 20.0. The molecule has 1 fully saturated rings. The first-order valence-electron chi connectivity index (χ1n) is 11.5. The maximum atomic E-state index is 13.8. The van der Waals surface area contributed by atoms with E-state index in [-0.39, 0.29) is 17.9 Å². The van der Waals surface area contributed by atoms with Gasteiger partial charge in [0.2, 0.25) is 15.9 Å². The van der Waals surface area contributed by atoms with Crippen molar-refractivity contribution in [2.24, 2.45) is 0 Å². The van der Waals surface area contributed by atoms with Crippen LogP contribution in [0.2, 0.25) is 0 Å². The molecule has 9 heteroatoms. The van der Waals surface area contributed by atoms with Crippen molar-refractivity contribution < 1.29 is 18.0 Å². The molecule has 0 saturated carbocycles. The number of H-pyrrole nitrogens is 1. The first-order valence-corrected chi connectivity index (χ1v) is 13.7. The SMILES string of the molecule is Cc1ccc(S(=O)(=O)N(CCc2c[nH]c3ccccc23)C2CC(=O)N(c3ccc(Br)cc3)C2=O)cc1. The van der Waals surface area contributed by atoms with Crippen LogP contribution in [0.15, 0.2) is 88.4 Å². The van der Waals surface area contributed by atoms with Gasteiger partial charge in [-0.1, -0.05) is 51.8 Å². The second-order valence-corrected chi connectivity index (χ2v) is 11.6. The highest BCUT2D eigenvalue weighted by molar-refractivity contribution is 9.10. The Hall–Kier alpha value is -3.27. The van der Waals surface area contributed by atoms with Gasteiger partial charge in [0.25, 0.3) is 5.91 Å². The van der Waals surface area contributed by atoms with Gasteiger partial charge in [0.15, 0.2) is 0 Å². The molecule has 4 aromatic rings. The third-order valence-electron chi connectivity index (χ3n) is 6.46. The standard InChI is InChI=1S/C27H24BrN3O4S/c1-18-6-12-22(13-7-18)36(34,35)30(15-14-19-17-29-24-5-3-2-4-23(19)24)25-16-26(32)31(27(25)33)21-10-8-20(28)9-11-21/h2-13,17,25,29H,14-16H2,1H3. The Morgan fingerprint density at radius 3 is 2.42 bits per heavy atom. The Balaban J connectivity index is 1.51. The molecule has 7 nitrogen and oxygen atoms in total. The van der Waals surface area contributed by atoms with Crippen LogP contribution in [0.4, 0.5) is 5.69 Å². The number of anilines is 1. The van der Waals surface area contributed by atoms with Gasteiger partial charge in [-0.15, -0.1) is 0 Å². The number of nitrogens with zero attached hydrogens (tertiary/aromatic N) is 2. The van der Waals surface area contributed by atoms with Gasteiger partial charge in [0.1, 0.15) is 6.04 Å². The topological polar surface area (TPSA) is 90.6 Å². The lowest BCUT2D eigenvalue weighted by Gasteiger charge is -2.27. The molecule has 184 valence electrons. The van der Waals surface area contributed by atoms with E-state index in [1.165, 1.54) is 16.4 Å². The second-order valence-electron chi connectivity index (χ2n) is 8.80. The molecule has 3 aromatic carbocycles. The lowest BCUT2D eigenvalue weighted by Crippen LogP contribution is -2.46. The van der Waals surface area contributed by atoms with Crippen molar-refractivity contribution in [1.82, 2.24) is 9.29 Å². The van der Waals surface area contributed by atoms with Gasteiger partial charge in [0, 0.05) is 28.1 Å². The fraction of sp³-hybridized carbons (Fsp3) is 0.185. The van der Waals surface area contributed by atoms with Crippen LogP contribution in [-0.2, 0) is 26.0 Å². The summed E-state index contributed by atoms with van der Waals surface area (Å²) in [5, 5.41) is 0.996. The van der Waals surface area contributed by atoms with E-state index in [9.17, 15) is 18.0 Å². The van der Waals surface area contributed by atoms with Crippen molar-refractivity contribution >= 4 is 54.4 Å². The number of amides is 2. The van der Waals surface area contributed by atoms with Crippen LogP contribution in [0, 0.1) is 6.92 Å². The summed E-state index contributed by atoms with van der Waals surface area (Å²) in [7, 11) is -4.06. The maximum absolute atomic E-state index is 13.8. The first-order chi connectivity index (χ1) is 17.3. The molecule has 0 bridgehead atoms. The molecule has 1 atom stereocenters. The number of carbonyl (C=O) groups is 2. The van der Waals surface area contributed by atoms with Crippen LogP contribution in [0.5, 0.6) is 0 Å². The van der Waals surface area contributed by atoms with Crippen LogP contribution >= 0.6 is 15.9 Å². The minimum atomic E-state index is -4.06. The van der Waals surface area contributed by atoms with Gasteiger partial charge in [-0.25, -0.2) is 13.3 Å². The highest BCUT2D eigenvalue weighted by Crippen LogP contribution is 2.31. The molecule has 0 radical (unpaired) electrons. The van der Waals surface area contributed by atoms with Crippen LogP contribution < -0.4 is 4.90 Å². The number of benzene rings is 3. The molecule has 1 N–H and O–H groups in total. The molecule has 5 rings (SSSR count). The van der Waals surface area contributed by atoms with Crippen molar-refractivity contribution in [2.45, 2.75) is 30.7 Å². The van der Waals surface area contributed by atoms with Crippen LogP contribution in [0.25, 0.3) is 10.9 Å². The van der Waals surface area contributed by atoms with Crippen molar-refractivity contribution in [3.8, 4) is 0 Å².